The Morgan fingerprint density at radius 3 is 2.64 bits per heavy atom. The molecule has 1 heterocycles. The van der Waals surface area contributed by atoms with Crippen molar-refractivity contribution in [1.29, 1.82) is 5.26 Å². The molecule has 0 saturated heterocycles. The first kappa shape index (κ1) is 4.28. The third-order valence-electron chi connectivity index (χ3n) is 1.39. The molecule has 3 nitrogen and oxygen atoms in total. The maximum absolute atomic E-state index is 8.86. The van der Waals surface area contributed by atoms with Gasteiger partial charge < -0.3 is 0 Å². The lowest BCUT2D eigenvalue weighted by atomic mass is 10.2. The molecule has 4 heteroatoms. The number of rotatable bonds is 1. The molecule has 0 aliphatic heterocycles. The van der Waals surface area contributed by atoms with Crippen molar-refractivity contribution in [3.8, 4) is 11.8 Å². The van der Waals surface area contributed by atoms with Crippen molar-refractivity contribution in [3.63, 3.8) is 0 Å². The minimum atomic E-state index is -0.499. The van der Waals surface area contributed by atoms with Crippen molar-refractivity contribution in [2.45, 2.75) is 0 Å². The average Bonchev–Trinajstić information content (AvgIpc) is 2.66. The second kappa shape index (κ2) is 3.64. The van der Waals surface area contributed by atoms with Crippen LogP contribution in [-0.2, 0) is 0 Å². The highest BCUT2D eigenvalue weighted by atomic mass is 79.9. The lowest BCUT2D eigenvalue weighted by Gasteiger charge is -1.99. The zero-order chi connectivity index (χ0) is 15.2. The van der Waals surface area contributed by atoms with E-state index in [9.17, 15) is 0 Å². The van der Waals surface area contributed by atoms with E-state index in [1.807, 2.05) is 0 Å². The molecule has 0 bridgehead atoms. The van der Waals surface area contributed by atoms with Crippen LogP contribution in [0.15, 0.2) is 41.0 Å². The quantitative estimate of drug-likeness (QED) is 0.784. The van der Waals surface area contributed by atoms with Crippen LogP contribution in [-0.4, -0.2) is 9.78 Å². The summed E-state index contributed by atoms with van der Waals surface area (Å²) in [5.74, 6) is 0. The summed E-state index contributed by atoms with van der Waals surface area (Å²) >= 11 is 2.98. The van der Waals surface area contributed by atoms with E-state index in [1.54, 1.807) is 6.07 Å². The van der Waals surface area contributed by atoms with Crippen molar-refractivity contribution >= 4 is 15.9 Å². The van der Waals surface area contributed by atoms with Crippen LogP contribution in [0, 0.1) is 11.3 Å². The first-order chi connectivity index (χ1) is 9.31. The fourth-order valence-corrected chi connectivity index (χ4v) is 1.06. The van der Waals surface area contributed by atoms with E-state index >= 15 is 0 Å². The van der Waals surface area contributed by atoms with E-state index in [4.69, 9.17) is 13.5 Å². The van der Waals surface area contributed by atoms with Gasteiger partial charge in [-0.15, -0.1) is 0 Å². The molecular formula is C10H6BrN3. The summed E-state index contributed by atoms with van der Waals surface area (Å²) < 4.78 is 47.2. The van der Waals surface area contributed by atoms with Crippen LogP contribution >= 0.6 is 15.9 Å². The van der Waals surface area contributed by atoms with Crippen LogP contribution in [0.2, 0.25) is 0 Å². The fraction of sp³-hybridized carbons (Fsp3) is 0. The number of nitrogens with zero attached hydrogens (tertiary/aromatic N) is 3. The molecule has 0 unspecified atom stereocenters. The van der Waals surface area contributed by atoms with E-state index in [2.05, 4.69) is 21.0 Å². The number of halogens is 1. The third-order valence-corrected chi connectivity index (χ3v) is 1.74. The van der Waals surface area contributed by atoms with Crippen LogP contribution in [0.25, 0.3) is 5.69 Å². The van der Waals surface area contributed by atoms with E-state index in [0.717, 1.165) is 4.68 Å². The molecular weight excluding hydrogens is 242 g/mol. The number of aromatic nitrogens is 2. The van der Waals surface area contributed by atoms with E-state index in [-0.39, 0.29) is 28.1 Å². The Bertz CT molecular complexity index is 735. The summed E-state index contributed by atoms with van der Waals surface area (Å²) in [7, 11) is 0. The Kier molecular flexibility index (Phi) is 1.11. The largest absolute Gasteiger partial charge is 0.240 e. The van der Waals surface area contributed by atoms with Gasteiger partial charge in [-0.3, -0.25) is 0 Å². The minimum absolute atomic E-state index is 0.0821. The second-order valence-corrected chi connectivity index (χ2v) is 3.08. The molecule has 2 aromatic rings. The average molecular weight is 254 g/mol. The predicted molar refractivity (Wildman–Crippen MR) is 56.0 cm³/mol. The highest BCUT2D eigenvalue weighted by Gasteiger charge is 1.98. The van der Waals surface area contributed by atoms with Gasteiger partial charge in [-0.05, 0) is 40.1 Å². The van der Waals surface area contributed by atoms with Crippen LogP contribution in [0.4, 0.5) is 0 Å². The maximum Gasteiger partial charge on any atom is 0.0991 e. The van der Waals surface area contributed by atoms with Gasteiger partial charge in [0, 0.05) is 6.17 Å². The van der Waals surface area contributed by atoms with Gasteiger partial charge in [-0.25, -0.2) is 4.68 Å². The van der Waals surface area contributed by atoms with Crippen LogP contribution in [0.1, 0.15) is 13.8 Å². The molecule has 0 amide bonds. The first-order valence-electron chi connectivity index (χ1n) is 6.53. The van der Waals surface area contributed by atoms with Gasteiger partial charge >= 0.3 is 0 Å². The Morgan fingerprint density at radius 1 is 1.43 bits per heavy atom. The van der Waals surface area contributed by atoms with Gasteiger partial charge in [0.2, 0.25) is 0 Å². The third kappa shape index (κ3) is 1.68. The predicted octanol–water partition coefficient (Wildman–Crippen LogP) is 2.51. The number of nitriles is 1. The van der Waals surface area contributed by atoms with Gasteiger partial charge in [-0.2, -0.15) is 10.4 Å². The number of benzene rings is 1. The van der Waals surface area contributed by atoms with Crippen molar-refractivity contribution in [1.82, 2.24) is 9.78 Å². The summed E-state index contributed by atoms with van der Waals surface area (Å²) in [5.41, 5.74) is -0.629. The van der Waals surface area contributed by atoms with Crippen molar-refractivity contribution in [3.05, 3.63) is 46.6 Å². The summed E-state index contributed by atoms with van der Waals surface area (Å²) in [4.78, 5) is 0. The van der Waals surface area contributed by atoms with Gasteiger partial charge in [0.15, 0.2) is 0 Å². The minimum Gasteiger partial charge on any atom is -0.240 e. The van der Waals surface area contributed by atoms with E-state index in [0.29, 0.717) is 0 Å². The molecule has 0 aliphatic carbocycles. The molecule has 0 radical (unpaired) electrons. The molecule has 0 saturated carbocycles. The Morgan fingerprint density at radius 2 is 2.14 bits per heavy atom. The first-order valence-corrected chi connectivity index (χ1v) is 4.33. The lowest BCUT2D eigenvalue weighted by molar-refractivity contribution is 0.880. The van der Waals surface area contributed by atoms with Gasteiger partial charge in [-0.1, -0.05) is 0 Å². The standard InChI is InChI=1S/C10H6BrN3/c11-9-6-13-14(7-9)10-3-1-8(5-12)2-4-10/h1-4,6-7H/i1D,2D,3D,4D,6D,7D. The Labute approximate surface area is 98.2 Å². The second-order valence-electron chi connectivity index (χ2n) is 2.28. The van der Waals surface area contributed by atoms with Crippen LogP contribution in [0.3, 0.4) is 0 Å². The smallest absolute Gasteiger partial charge is 0.0991 e. The fourth-order valence-electron chi connectivity index (χ4n) is 0.810. The van der Waals surface area contributed by atoms with E-state index < -0.39 is 24.2 Å². The van der Waals surface area contributed by atoms with Crippen LogP contribution < -0.4 is 0 Å². The molecule has 0 fully saturated rings. The monoisotopic (exact) mass is 253 g/mol. The molecule has 0 spiro atoms. The van der Waals surface area contributed by atoms with E-state index in [1.165, 1.54) is 0 Å². The van der Waals surface area contributed by atoms with Gasteiger partial charge in [0.25, 0.3) is 0 Å². The highest BCUT2D eigenvalue weighted by Crippen LogP contribution is 2.12. The summed E-state index contributed by atoms with van der Waals surface area (Å²) in [5, 5.41) is 12.6. The Balaban J connectivity index is 2.89. The van der Waals surface area contributed by atoms with Crippen molar-refractivity contribution in [2.75, 3.05) is 0 Å². The SMILES string of the molecule is [2H]c1nn(-c2c([2H])c([2H])c(C#N)c([2H])c2[2H])c([2H])c1Br. The molecule has 68 valence electrons. The zero-order valence-corrected chi connectivity index (χ0v) is 8.31. The number of hydrogen-bond donors (Lipinski definition) is 0. The summed E-state index contributed by atoms with van der Waals surface area (Å²) in [6.45, 7) is 0. The molecule has 2 rings (SSSR count). The molecule has 1 aromatic carbocycles. The highest BCUT2D eigenvalue weighted by molar-refractivity contribution is 9.10. The normalized spacial score (nSPS) is 15.7. The molecule has 14 heavy (non-hydrogen) atoms. The van der Waals surface area contributed by atoms with Gasteiger partial charge in [0.1, 0.15) is 0 Å². The van der Waals surface area contributed by atoms with Gasteiger partial charge in [0.05, 0.1) is 36.2 Å². The van der Waals surface area contributed by atoms with Crippen molar-refractivity contribution in [2.24, 2.45) is 0 Å². The number of hydrogen-bond acceptors (Lipinski definition) is 2. The summed E-state index contributed by atoms with van der Waals surface area (Å²) in [6, 6.07) is -0.342. The molecule has 0 aliphatic rings. The van der Waals surface area contributed by atoms with Crippen LogP contribution in [0.5, 0.6) is 0 Å². The topological polar surface area (TPSA) is 41.6 Å². The van der Waals surface area contributed by atoms with Crippen molar-refractivity contribution < 1.29 is 8.22 Å². The molecule has 0 N–H and O–H groups in total. The molecule has 0 atom stereocenters. The zero-order valence-electron chi connectivity index (χ0n) is 12.7. The Hall–Kier alpha value is -1.60. The summed E-state index contributed by atoms with van der Waals surface area (Å²) in [6.07, 6.45) is -0.517. The lowest BCUT2D eigenvalue weighted by Crippen LogP contribution is -1.93. The maximum atomic E-state index is 8.86. The molecule has 1 aromatic heterocycles.